The summed E-state index contributed by atoms with van der Waals surface area (Å²) in [5.41, 5.74) is 1.61. The molecule has 9 nitrogen and oxygen atoms in total. The van der Waals surface area contributed by atoms with Gasteiger partial charge < -0.3 is 35.3 Å². The zero-order chi connectivity index (χ0) is 22.8. The third-order valence-corrected chi connectivity index (χ3v) is 7.15. The minimum Gasteiger partial charge on any atom is -0.393 e. The second-order valence-electron chi connectivity index (χ2n) is 7.61. The van der Waals surface area contributed by atoms with E-state index in [4.69, 9.17) is 4.74 Å². The molecule has 11 heteroatoms. The molecule has 1 saturated heterocycles. The van der Waals surface area contributed by atoms with Gasteiger partial charge in [0.15, 0.2) is 6.10 Å². The number of aromatic nitrogens is 1. The van der Waals surface area contributed by atoms with Gasteiger partial charge in [-0.3, -0.25) is 4.79 Å². The lowest BCUT2D eigenvalue weighted by atomic mass is 10.0. The monoisotopic (exact) mass is 523 g/mol. The number of fused-ring (bicyclic) bond motifs is 1. The van der Waals surface area contributed by atoms with Crippen molar-refractivity contribution in [3.05, 3.63) is 51.8 Å². The summed E-state index contributed by atoms with van der Waals surface area (Å²) in [4.78, 5) is 29.5. The van der Waals surface area contributed by atoms with E-state index >= 15 is 0 Å². The van der Waals surface area contributed by atoms with E-state index < -0.39 is 36.4 Å². The van der Waals surface area contributed by atoms with E-state index in [0.29, 0.717) is 0 Å². The van der Waals surface area contributed by atoms with Crippen LogP contribution in [0.1, 0.15) is 5.56 Å². The standard InChI is InChI=1S/C21H22BrN3O6S/c22-12-10-32-16-7-17(24-18(12)16)31-21(30)23-13(6-11-4-2-1-3-5-11)19(28)20(29)25-8-14(26)15(27)9-25/h1-5,7,10,13-15,19,24,26-28H,6,8-9H2,(H,23,30)/t13-,14-,15+,19+/m0/s1. The molecule has 3 aromatic rings. The van der Waals surface area contributed by atoms with Gasteiger partial charge in [-0.05, 0) is 27.9 Å². The van der Waals surface area contributed by atoms with Crippen molar-refractivity contribution < 1.29 is 29.6 Å². The van der Waals surface area contributed by atoms with Crippen LogP contribution in [-0.4, -0.2) is 74.6 Å². The fraction of sp³-hybridized carbons (Fsp3) is 0.333. The fourth-order valence-electron chi connectivity index (χ4n) is 3.61. The summed E-state index contributed by atoms with van der Waals surface area (Å²) in [5.74, 6) is -0.457. The highest BCUT2D eigenvalue weighted by Crippen LogP contribution is 2.32. The Hall–Kier alpha value is -2.44. The first kappa shape index (κ1) is 22.7. The highest BCUT2D eigenvalue weighted by molar-refractivity contribution is 9.10. The van der Waals surface area contributed by atoms with Crippen molar-refractivity contribution in [3.63, 3.8) is 0 Å². The Morgan fingerprint density at radius 2 is 1.94 bits per heavy atom. The SMILES string of the molecule is O=C(N[C@@H](Cc1ccccc1)[C@@H](O)C(=O)N1C[C@@H](O)[C@@H](O)C1)Oc1cc2scc(Br)c2[nH]1. The Balaban J connectivity index is 1.47. The molecule has 5 N–H and O–H groups in total. The second-order valence-corrected chi connectivity index (χ2v) is 9.37. The predicted molar refractivity (Wildman–Crippen MR) is 122 cm³/mol. The number of likely N-dealkylation sites (tertiary alicyclic amines) is 1. The number of aliphatic hydroxyl groups excluding tert-OH is 3. The van der Waals surface area contributed by atoms with Crippen molar-refractivity contribution in [2.24, 2.45) is 0 Å². The predicted octanol–water partition coefficient (Wildman–Crippen LogP) is 1.62. The largest absolute Gasteiger partial charge is 0.414 e. The number of thiophene rings is 1. The Labute approximate surface area is 195 Å². The maximum absolute atomic E-state index is 12.8. The van der Waals surface area contributed by atoms with Gasteiger partial charge in [-0.2, -0.15) is 0 Å². The van der Waals surface area contributed by atoms with E-state index in [0.717, 1.165) is 20.3 Å². The van der Waals surface area contributed by atoms with Crippen LogP contribution in [0.3, 0.4) is 0 Å². The lowest BCUT2D eigenvalue weighted by Crippen LogP contribution is -2.53. The first-order valence-electron chi connectivity index (χ1n) is 9.92. The molecule has 0 spiro atoms. The molecule has 32 heavy (non-hydrogen) atoms. The van der Waals surface area contributed by atoms with Crippen molar-refractivity contribution in [1.82, 2.24) is 15.2 Å². The average molecular weight is 524 g/mol. The molecule has 1 aliphatic rings. The van der Waals surface area contributed by atoms with Gasteiger partial charge in [0.05, 0.1) is 32.9 Å². The molecule has 3 heterocycles. The molecule has 170 valence electrons. The molecule has 4 atom stereocenters. The van der Waals surface area contributed by atoms with Crippen LogP contribution in [-0.2, 0) is 11.2 Å². The summed E-state index contributed by atoms with van der Waals surface area (Å²) in [5, 5.41) is 34.7. The number of rotatable bonds is 6. The second kappa shape index (κ2) is 9.59. The van der Waals surface area contributed by atoms with E-state index in [9.17, 15) is 24.9 Å². The van der Waals surface area contributed by atoms with Gasteiger partial charge >= 0.3 is 6.09 Å². The summed E-state index contributed by atoms with van der Waals surface area (Å²) in [6, 6.07) is 9.80. The first-order valence-corrected chi connectivity index (χ1v) is 11.6. The van der Waals surface area contributed by atoms with Crippen LogP contribution in [0.25, 0.3) is 10.2 Å². The third-order valence-electron chi connectivity index (χ3n) is 5.29. The van der Waals surface area contributed by atoms with E-state index in [1.54, 1.807) is 6.07 Å². The van der Waals surface area contributed by atoms with Crippen LogP contribution in [0, 0.1) is 0 Å². The summed E-state index contributed by atoms with van der Waals surface area (Å²) >= 11 is 4.89. The molecular weight excluding hydrogens is 502 g/mol. The van der Waals surface area contributed by atoms with Crippen molar-refractivity contribution >= 4 is 49.5 Å². The summed E-state index contributed by atoms with van der Waals surface area (Å²) in [6.45, 7) is -0.179. The van der Waals surface area contributed by atoms with E-state index in [1.165, 1.54) is 16.2 Å². The Morgan fingerprint density at radius 3 is 2.59 bits per heavy atom. The van der Waals surface area contributed by atoms with E-state index in [-0.39, 0.29) is 25.4 Å². The minimum atomic E-state index is -1.60. The topological polar surface area (TPSA) is 135 Å². The molecule has 4 rings (SSSR count). The molecule has 2 amide bonds. The van der Waals surface area contributed by atoms with Crippen LogP contribution in [0.2, 0.25) is 0 Å². The number of hydrogen-bond acceptors (Lipinski definition) is 7. The zero-order valence-corrected chi connectivity index (χ0v) is 19.2. The molecule has 0 bridgehead atoms. The number of benzene rings is 1. The molecule has 0 unspecified atom stereocenters. The maximum Gasteiger partial charge on any atom is 0.414 e. The molecule has 1 aliphatic heterocycles. The number of β-amino-alcohol motifs (C(OH)–C–C–N with tert-alkyl or cyclic N) is 2. The molecule has 1 aromatic carbocycles. The van der Waals surface area contributed by atoms with Gasteiger partial charge in [0.25, 0.3) is 5.91 Å². The van der Waals surface area contributed by atoms with E-state index in [1.807, 2.05) is 35.7 Å². The Kier molecular flexibility index (Phi) is 6.82. The summed E-state index contributed by atoms with van der Waals surface area (Å²) in [7, 11) is 0. The van der Waals surface area contributed by atoms with Crippen LogP contribution < -0.4 is 10.1 Å². The molecule has 0 saturated carbocycles. The summed E-state index contributed by atoms with van der Waals surface area (Å²) < 4.78 is 7.09. The van der Waals surface area contributed by atoms with Crippen LogP contribution in [0.4, 0.5) is 4.79 Å². The van der Waals surface area contributed by atoms with Crippen LogP contribution >= 0.6 is 27.3 Å². The van der Waals surface area contributed by atoms with Gasteiger partial charge in [0, 0.05) is 24.5 Å². The molecular formula is C21H22BrN3O6S. The minimum absolute atomic E-state index is 0.0896. The average Bonchev–Trinajstić information content (AvgIpc) is 3.43. The quantitative estimate of drug-likeness (QED) is 0.333. The fourth-order valence-corrected chi connectivity index (χ4v) is 5.14. The zero-order valence-electron chi connectivity index (χ0n) is 16.8. The Bertz CT molecular complexity index is 1090. The molecule has 0 radical (unpaired) electrons. The van der Waals surface area contributed by atoms with Gasteiger partial charge in [-0.15, -0.1) is 11.3 Å². The normalized spacial score (nSPS) is 20.3. The van der Waals surface area contributed by atoms with Crippen LogP contribution in [0.5, 0.6) is 5.88 Å². The number of ether oxygens (including phenoxy) is 1. The first-order chi connectivity index (χ1) is 15.3. The number of aliphatic hydroxyl groups is 3. The number of halogens is 1. The number of carbonyl (C=O) groups is 2. The number of nitrogens with one attached hydrogen (secondary N) is 2. The number of amides is 2. The smallest absolute Gasteiger partial charge is 0.393 e. The van der Waals surface area contributed by atoms with Gasteiger partial charge in [-0.25, -0.2) is 4.79 Å². The lowest BCUT2D eigenvalue weighted by molar-refractivity contribution is -0.141. The maximum atomic E-state index is 12.8. The molecule has 2 aromatic heterocycles. The van der Waals surface area contributed by atoms with Gasteiger partial charge in [0.2, 0.25) is 5.88 Å². The number of carbonyl (C=O) groups excluding carboxylic acids is 2. The summed E-state index contributed by atoms with van der Waals surface area (Å²) in [6.07, 6.45) is -4.39. The van der Waals surface area contributed by atoms with Gasteiger partial charge in [0.1, 0.15) is 0 Å². The highest BCUT2D eigenvalue weighted by atomic mass is 79.9. The van der Waals surface area contributed by atoms with Crippen molar-refractivity contribution in [2.75, 3.05) is 13.1 Å². The van der Waals surface area contributed by atoms with Crippen LogP contribution in [0.15, 0.2) is 46.3 Å². The number of H-pyrrole nitrogens is 1. The number of nitrogens with zero attached hydrogens (tertiary/aromatic N) is 1. The van der Waals surface area contributed by atoms with Crippen molar-refractivity contribution in [3.8, 4) is 5.88 Å². The molecule has 1 fully saturated rings. The lowest BCUT2D eigenvalue weighted by Gasteiger charge is -2.26. The van der Waals surface area contributed by atoms with Crippen molar-refractivity contribution in [1.29, 1.82) is 0 Å². The molecule has 0 aliphatic carbocycles. The number of hydrogen-bond donors (Lipinski definition) is 5. The number of aromatic amines is 1. The van der Waals surface area contributed by atoms with E-state index in [2.05, 4.69) is 26.2 Å². The van der Waals surface area contributed by atoms with Gasteiger partial charge in [-0.1, -0.05) is 30.3 Å². The highest BCUT2D eigenvalue weighted by Gasteiger charge is 2.38. The Morgan fingerprint density at radius 1 is 1.25 bits per heavy atom. The third kappa shape index (κ3) is 4.97. The van der Waals surface area contributed by atoms with Crippen molar-refractivity contribution in [2.45, 2.75) is 30.8 Å².